The summed E-state index contributed by atoms with van der Waals surface area (Å²) >= 11 is 0. The molecule has 0 spiro atoms. The summed E-state index contributed by atoms with van der Waals surface area (Å²) in [6.45, 7) is 1.98. The normalized spacial score (nSPS) is 22.2. The number of carbonyl (C=O) groups is 1. The van der Waals surface area contributed by atoms with Crippen molar-refractivity contribution in [2.24, 2.45) is 0 Å². The van der Waals surface area contributed by atoms with E-state index in [2.05, 4.69) is 11.2 Å². The maximum absolute atomic E-state index is 11.5. The Morgan fingerprint density at radius 3 is 3.15 bits per heavy atom. The fourth-order valence-corrected chi connectivity index (χ4v) is 1.31. The average molecular weight is 181 g/mol. The lowest BCUT2D eigenvalue weighted by Gasteiger charge is -2.22. The quantitative estimate of drug-likeness (QED) is 0.502. The first-order valence-corrected chi connectivity index (χ1v) is 4.62. The molecule has 1 rings (SSSR count). The minimum Gasteiger partial charge on any atom is -0.378 e. The van der Waals surface area contributed by atoms with Gasteiger partial charge in [0.05, 0.1) is 19.3 Å². The Hall–Kier alpha value is -0.850. The highest BCUT2D eigenvalue weighted by molar-refractivity contribution is 5.84. The molecule has 1 saturated heterocycles. The summed E-state index contributed by atoms with van der Waals surface area (Å²) in [6.07, 6.45) is 7.12. The molecule has 0 bridgehead atoms. The van der Waals surface area contributed by atoms with Crippen LogP contribution in [0.5, 0.6) is 0 Å². The van der Waals surface area contributed by atoms with Crippen LogP contribution in [0.25, 0.3) is 0 Å². The van der Waals surface area contributed by atoms with Crippen molar-refractivity contribution in [3.8, 4) is 12.3 Å². The minimum absolute atomic E-state index is 0.105. The van der Waals surface area contributed by atoms with Gasteiger partial charge in [0.15, 0.2) is 5.78 Å². The Labute approximate surface area is 78.8 Å². The Balaban J connectivity index is 2.18. The number of nitrogens with one attached hydrogen (secondary N) is 1. The van der Waals surface area contributed by atoms with Crippen LogP contribution in [0, 0.1) is 12.3 Å². The van der Waals surface area contributed by atoms with Crippen LogP contribution in [-0.4, -0.2) is 31.6 Å². The van der Waals surface area contributed by atoms with E-state index in [0.29, 0.717) is 26.1 Å². The van der Waals surface area contributed by atoms with Gasteiger partial charge in [0, 0.05) is 19.4 Å². The minimum atomic E-state index is -0.105. The lowest BCUT2D eigenvalue weighted by atomic mass is 10.1. The highest BCUT2D eigenvalue weighted by Gasteiger charge is 2.19. The summed E-state index contributed by atoms with van der Waals surface area (Å²) in [4.78, 5) is 11.5. The van der Waals surface area contributed by atoms with Crippen molar-refractivity contribution in [3.63, 3.8) is 0 Å². The molecule has 0 saturated carbocycles. The molecule has 0 radical (unpaired) electrons. The molecule has 1 unspecified atom stereocenters. The van der Waals surface area contributed by atoms with Crippen LogP contribution in [0.1, 0.15) is 19.3 Å². The summed E-state index contributed by atoms with van der Waals surface area (Å²) in [6, 6.07) is -0.105. The monoisotopic (exact) mass is 181 g/mol. The predicted molar refractivity (Wildman–Crippen MR) is 50.3 cm³/mol. The number of unbranched alkanes of at least 4 members (excludes halogenated alkanes) is 1. The summed E-state index contributed by atoms with van der Waals surface area (Å²) in [7, 11) is 0. The lowest BCUT2D eigenvalue weighted by molar-refractivity contribution is -0.123. The molecular formula is C10H15NO2. The van der Waals surface area contributed by atoms with Crippen molar-refractivity contribution < 1.29 is 9.53 Å². The fraction of sp³-hybridized carbons (Fsp3) is 0.700. The third-order valence-electron chi connectivity index (χ3n) is 2.05. The van der Waals surface area contributed by atoms with E-state index in [4.69, 9.17) is 11.2 Å². The molecule has 0 amide bonds. The van der Waals surface area contributed by atoms with E-state index in [-0.39, 0.29) is 11.8 Å². The third-order valence-corrected chi connectivity index (χ3v) is 2.05. The number of ether oxygens (including phenoxy) is 1. The van der Waals surface area contributed by atoms with Gasteiger partial charge in [-0.3, -0.25) is 4.79 Å². The van der Waals surface area contributed by atoms with Crippen LogP contribution < -0.4 is 5.32 Å². The second-order valence-corrected chi connectivity index (χ2v) is 3.11. The molecular weight excluding hydrogens is 166 g/mol. The first-order valence-electron chi connectivity index (χ1n) is 4.62. The van der Waals surface area contributed by atoms with Gasteiger partial charge in [-0.1, -0.05) is 0 Å². The molecule has 3 nitrogen and oxygen atoms in total. The van der Waals surface area contributed by atoms with Gasteiger partial charge in [-0.2, -0.15) is 0 Å². The van der Waals surface area contributed by atoms with Gasteiger partial charge < -0.3 is 10.1 Å². The predicted octanol–water partition coefficient (Wildman–Crippen LogP) is 0.347. The Morgan fingerprint density at radius 1 is 1.69 bits per heavy atom. The molecule has 0 aromatic carbocycles. The zero-order valence-corrected chi connectivity index (χ0v) is 7.71. The van der Waals surface area contributed by atoms with Crippen LogP contribution in [0.2, 0.25) is 0 Å². The number of hydrogen-bond donors (Lipinski definition) is 1. The zero-order valence-electron chi connectivity index (χ0n) is 7.71. The van der Waals surface area contributed by atoms with Crippen LogP contribution in [0.3, 0.4) is 0 Å². The molecule has 1 N–H and O–H groups in total. The number of carbonyl (C=O) groups excluding carboxylic acids is 1. The lowest BCUT2D eigenvalue weighted by Crippen LogP contribution is -2.46. The topological polar surface area (TPSA) is 38.3 Å². The first kappa shape index (κ1) is 10.2. The zero-order chi connectivity index (χ0) is 9.52. The van der Waals surface area contributed by atoms with Crippen molar-refractivity contribution >= 4 is 5.78 Å². The molecule has 1 aliphatic rings. The second kappa shape index (κ2) is 5.74. The fourth-order valence-electron chi connectivity index (χ4n) is 1.31. The Bertz CT molecular complexity index is 201. The van der Waals surface area contributed by atoms with Gasteiger partial charge in [0.2, 0.25) is 0 Å². The van der Waals surface area contributed by atoms with Crippen molar-refractivity contribution in [2.75, 3.05) is 19.8 Å². The molecule has 3 heteroatoms. The molecule has 0 aliphatic carbocycles. The molecule has 13 heavy (non-hydrogen) atoms. The largest absolute Gasteiger partial charge is 0.378 e. The van der Waals surface area contributed by atoms with E-state index in [9.17, 15) is 4.79 Å². The van der Waals surface area contributed by atoms with E-state index < -0.39 is 0 Å². The van der Waals surface area contributed by atoms with Gasteiger partial charge >= 0.3 is 0 Å². The molecule has 1 atom stereocenters. The van der Waals surface area contributed by atoms with Crippen molar-refractivity contribution in [3.05, 3.63) is 0 Å². The Morgan fingerprint density at radius 2 is 2.54 bits per heavy atom. The smallest absolute Gasteiger partial charge is 0.152 e. The second-order valence-electron chi connectivity index (χ2n) is 3.11. The first-order chi connectivity index (χ1) is 6.34. The summed E-state index contributed by atoms with van der Waals surface area (Å²) < 4.78 is 5.19. The summed E-state index contributed by atoms with van der Waals surface area (Å²) in [5.41, 5.74) is 0. The van der Waals surface area contributed by atoms with Gasteiger partial charge in [-0.05, 0) is 6.42 Å². The van der Waals surface area contributed by atoms with E-state index in [1.807, 2.05) is 0 Å². The maximum Gasteiger partial charge on any atom is 0.152 e. The number of terminal acetylenes is 1. The van der Waals surface area contributed by atoms with Gasteiger partial charge in [-0.15, -0.1) is 12.3 Å². The molecule has 0 aromatic rings. The summed E-state index contributed by atoms with van der Waals surface area (Å²) in [5, 5.41) is 3.12. The highest BCUT2D eigenvalue weighted by Crippen LogP contribution is 2.02. The molecule has 72 valence electrons. The molecule has 1 heterocycles. The van der Waals surface area contributed by atoms with Crippen molar-refractivity contribution in [1.82, 2.24) is 5.32 Å². The van der Waals surface area contributed by atoms with Gasteiger partial charge in [0.25, 0.3) is 0 Å². The van der Waals surface area contributed by atoms with Crippen molar-refractivity contribution in [1.29, 1.82) is 0 Å². The number of ketones is 1. The van der Waals surface area contributed by atoms with Crippen LogP contribution in [-0.2, 0) is 9.53 Å². The van der Waals surface area contributed by atoms with E-state index in [0.717, 1.165) is 13.0 Å². The number of morpholine rings is 1. The van der Waals surface area contributed by atoms with Crippen LogP contribution in [0.15, 0.2) is 0 Å². The van der Waals surface area contributed by atoms with E-state index in [1.165, 1.54) is 0 Å². The highest BCUT2D eigenvalue weighted by atomic mass is 16.5. The van der Waals surface area contributed by atoms with E-state index >= 15 is 0 Å². The molecule has 0 aromatic heterocycles. The molecule has 1 aliphatic heterocycles. The Kier molecular flexibility index (Phi) is 4.52. The summed E-state index contributed by atoms with van der Waals surface area (Å²) in [5.74, 6) is 2.74. The molecule has 1 fully saturated rings. The van der Waals surface area contributed by atoms with Gasteiger partial charge in [-0.25, -0.2) is 0 Å². The van der Waals surface area contributed by atoms with Crippen LogP contribution >= 0.6 is 0 Å². The average Bonchev–Trinajstić information content (AvgIpc) is 2.19. The number of Topliss-reactive ketones (excluding diaryl/α,β-unsaturated/α-hetero) is 1. The van der Waals surface area contributed by atoms with E-state index in [1.54, 1.807) is 0 Å². The standard InChI is InChI=1S/C10H15NO2/c1-2-3-4-5-10(12)9-8-13-7-6-11-9/h1,9,11H,3-8H2. The number of rotatable bonds is 4. The SMILES string of the molecule is C#CCCCC(=O)C1COCCN1. The van der Waals surface area contributed by atoms with Crippen molar-refractivity contribution in [2.45, 2.75) is 25.3 Å². The van der Waals surface area contributed by atoms with Crippen LogP contribution in [0.4, 0.5) is 0 Å². The third kappa shape index (κ3) is 3.58. The number of hydrogen-bond acceptors (Lipinski definition) is 3. The maximum atomic E-state index is 11.5. The van der Waals surface area contributed by atoms with Gasteiger partial charge in [0.1, 0.15) is 0 Å².